The summed E-state index contributed by atoms with van der Waals surface area (Å²) < 4.78 is 0. The van der Waals surface area contributed by atoms with E-state index in [1.807, 2.05) is 0 Å². The summed E-state index contributed by atoms with van der Waals surface area (Å²) in [4.78, 5) is 0. The van der Waals surface area contributed by atoms with Gasteiger partial charge >= 0.3 is 0 Å². The van der Waals surface area contributed by atoms with Crippen LogP contribution in [-0.4, -0.2) is 0 Å². The van der Waals surface area contributed by atoms with Crippen LogP contribution in [0.25, 0.3) is 0 Å². The van der Waals surface area contributed by atoms with Gasteiger partial charge in [-0.1, -0.05) is 55.4 Å². The van der Waals surface area contributed by atoms with Gasteiger partial charge in [0.2, 0.25) is 0 Å². The van der Waals surface area contributed by atoms with Crippen molar-refractivity contribution in [1.29, 1.82) is 0 Å². The molecule has 0 N–H and O–H groups in total. The average Bonchev–Trinajstić information content (AvgIpc) is 3.03. The van der Waals surface area contributed by atoms with E-state index in [-0.39, 0.29) is 26.2 Å². The summed E-state index contributed by atoms with van der Waals surface area (Å²) in [6.45, 7) is 0. The largest absolute Gasteiger partial charge is 0.206 e. The minimum Gasteiger partial charge on any atom is -0.206 e. The van der Waals surface area contributed by atoms with Gasteiger partial charge in [0.15, 0.2) is 0 Å². The first-order chi connectivity index (χ1) is 7.95. The van der Waals surface area contributed by atoms with Crippen LogP contribution in [0.2, 0.25) is 0 Å². The normalized spacial score (nSPS) is 26.8. The van der Waals surface area contributed by atoms with Crippen LogP contribution in [0.15, 0.2) is 47.6 Å². The van der Waals surface area contributed by atoms with Crippen molar-refractivity contribution in [3.8, 4) is 0 Å². The number of allylic oxidation sites excluding steroid dienone is 8. The van der Waals surface area contributed by atoms with Crippen LogP contribution in [-0.2, 0) is 26.2 Å². The second kappa shape index (κ2) is 6.05. The molecule has 1 unspecified atom stereocenters. The molecule has 0 radical (unpaired) electrons. The van der Waals surface area contributed by atoms with Crippen LogP contribution in [0.1, 0.15) is 38.5 Å². The number of hydrogen-bond acceptors (Lipinski definition) is 0. The molecular weight excluding hydrogens is 283 g/mol. The van der Waals surface area contributed by atoms with Crippen molar-refractivity contribution in [2.45, 2.75) is 38.5 Å². The van der Waals surface area contributed by atoms with Gasteiger partial charge < -0.3 is 0 Å². The van der Waals surface area contributed by atoms with Crippen molar-refractivity contribution in [2.75, 3.05) is 0 Å². The predicted octanol–water partition coefficient (Wildman–Crippen LogP) is 4.52. The summed E-state index contributed by atoms with van der Waals surface area (Å²) in [5.74, 6) is 2.50. The summed E-state index contributed by atoms with van der Waals surface area (Å²) in [6.07, 6.45) is 21.6. The maximum Gasteiger partial charge on any atom is 0 e. The van der Waals surface area contributed by atoms with Crippen molar-refractivity contribution < 1.29 is 26.2 Å². The van der Waals surface area contributed by atoms with Gasteiger partial charge in [-0.2, -0.15) is 0 Å². The quantitative estimate of drug-likeness (QED) is 0.658. The molecule has 1 heteroatoms. The van der Waals surface area contributed by atoms with E-state index in [2.05, 4.69) is 36.5 Å². The van der Waals surface area contributed by atoms with Gasteiger partial charge in [0, 0.05) is 26.2 Å². The summed E-state index contributed by atoms with van der Waals surface area (Å²) in [5.41, 5.74) is 3.26. The number of rotatable bonds is 2. The molecule has 0 aromatic rings. The van der Waals surface area contributed by atoms with Crippen LogP contribution in [0.5, 0.6) is 0 Å². The summed E-state index contributed by atoms with van der Waals surface area (Å²) in [6, 6.07) is 0. The molecule has 3 aliphatic carbocycles. The monoisotopic (exact) mass is 301 g/mol. The van der Waals surface area contributed by atoms with Gasteiger partial charge in [0.05, 0.1) is 0 Å². The van der Waals surface area contributed by atoms with E-state index in [1.165, 1.54) is 38.5 Å². The SMILES string of the molecule is C1=CCC([C-]2CCCCC2C2=CC=CC2)=C1.[Zr]. The molecule has 3 aliphatic rings. The van der Waals surface area contributed by atoms with E-state index in [1.54, 1.807) is 17.1 Å². The third kappa shape index (κ3) is 2.76. The second-order valence-electron chi connectivity index (χ2n) is 5.02. The van der Waals surface area contributed by atoms with Crippen LogP contribution in [0.4, 0.5) is 0 Å². The molecule has 0 amide bonds. The Balaban J connectivity index is 0.00000108. The van der Waals surface area contributed by atoms with Crippen LogP contribution in [0, 0.1) is 11.8 Å². The summed E-state index contributed by atoms with van der Waals surface area (Å²) in [7, 11) is 0. The van der Waals surface area contributed by atoms with Gasteiger partial charge in [-0.05, 0) is 12.8 Å². The van der Waals surface area contributed by atoms with Crippen molar-refractivity contribution in [3.05, 3.63) is 53.5 Å². The Morgan fingerprint density at radius 3 is 2.53 bits per heavy atom. The Morgan fingerprint density at radius 1 is 1.00 bits per heavy atom. The smallest absolute Gasteiger partial charge is 0 e. The van der Waals surface area contributed by atoms with E-state index in [0.29, 0.717) is 0 Å². The second-order valence-corrected chi connectivity index (χ2v) is 5.02. The zero-order chi connectivity index (χ0) is 10.8. The van der Waals surface area contributed by atoms with Gasteiger partial charge in [0.1, 0.15) is 0 Å². The Bertz CT molecular complexity index is 346. The van der Waals surface area contributed by atoms with Crippen molar-refractivity contribution in [2.24, 2.45) is 5.92 Å². The van der Waals surface area contributed by atoms with Crippen LogP contribution in [0.3, 0.4) is 0 Å². The minimum atomic E-state index is 0. The van der Waals surface area contributed by atoms with Crippen molar-refractivity contribution in [1.82, 2.24) is 0 Å². The fourth-order valence-electron chi connectivity index (χ4n) is 3.21. The first kappa shape index (κ1) is 13.2. The van der Waals surface area contributed by atoms with Crippen LogP contribution >= 0.6 is 0 Å². The molecule has 0 spiro atoms. The third-order valence-electron chi connectivity index (χ3n) is 4.04. The van der Waals surface area contributed by atoms with Gasteiger partial charge in [-0.25, -0.2) is 17.6 Å². The predicted molar refractivity (Wildman–Crippen MR) is 68.9 cm³/mol. The van der Waals surface area contributed by atoms with Gasteiger partial charge in [-0.15, -0.1) is 12.2 Å². The Hall–Kier alpha value is -0.287. The van der Waals surface area contributed by atoms with Gasteiger partial charge in [0.25, 0.3) is 0 Å². The summed E-state index contributed by atoms with van der Waals surface area (Å²) in [5, 5.41) is 0. The number of hydrogen-bond donors (Lipinski definition) is 0. The van der Waals surface area contributed by atoms with Crippen LogP contribution < -0.4 is 0 Å². The van der Waals surface area contributed by atoms with E-state index < -0.39 is 0 Å². The first-order valence-corrected chi connectivity index (χ1v) is 6.52. The van der Waals surface area contributed by atoms with Crippen molar-refractivity contribution in [3.63, 3.8) is 0 Å². The fourth-order valence-corrected chi connectivity index (χ4v) is 3.21. The molecule has 3 rings (SSSR count). The molecule has 88 valence electrons. The molecule has 0 bridgehead atoms. The van der Waals surface area contributed by atoms with Crippen molar-refractivity contribution >= 4 is 0 Å². The molecule has 1 atom stereocenters. The molecular formula is C16H19Zr-. The molecule has 1 saturated carbocycles. The molecule has 1 fully saturated rings. The van der Waals surface area contributed by atoms with Gasteiger partial charge in [-0.3, -0.25) is 0 Å². The standard InChI is InChI=1S/C16H19.Zr/c1-2-8-13(7-1)15-11-5-6-12-16(15)14-9-3-4-10-14;/h1-4,7,9,15H,5-6,8,10-12H2;/q-1;. The van der Waals surface area contributed by atoms with E-state index >= 15 is 0 Å². The Kier molecular flexibility index (Phi) is 4.68. The maximum atomic E-state index is 2.35. The van der Waals surface area contributed by atoms with E-state index in [4.69, 9.17) is 0 Å². The molecule has 0 aliphatic heterocycles. The Morgan fingerprint density at radius 2 is 1.82 bits per heavy atom. The van der Waals surface area contributed by atoms with E-state index in [9.17, 15) is 0 Å². The first-order valence-electron chi connectivity index (χ1n) is 6.52. The maximum absolute atomic E-state index is 2.35. The Labute approximate surface area is 124 Å². The van der Waals surface area contributed by atoms with E-state index in [0.717, 1.165) is 5.92 Å². The molecule has 0 aromatic heterocycles. The molecule has 0 heterocycles. The zero-order valence-electron chi connectivity index (χ0n) is 10.3. The fraction of sp³-hybridized carbons (Fsp3) is 0.438. The zero-order valence-corrected chi connectivity index (χ0v) is 12.7. The average molecular weight is 303 g/mol. The molecule has 0 aromatic carbocycles. The summed E-state index contributed by atoms with van der Waals surface area (Å²) >= 11 is 0. The molecule has 17 heavy (non-hydrogen) atoms. The molecule has 0 saturated heterocycles. The third-order valence-corrected chi connectivity index (χ3v) is 4.04. The minimum absolute atomic E-state index is 0. The topological polar surface area (TPSA) is 0 Å². The molecule has 0 nitrogen and oxygen atoms in total.